The van der Waals surface area contributed by atoms with Gasteiger partial charge in [0.1, 0.15) is 0 Å². The highest BCUT2D eigenvalue weighted by Gasteiger charge is 2.25. The number of hydrogen-bond donors (Lipinski definition) is 3. The first-order chi connectivity index (χ1) is 9.50. The topological polar surface area (TPSA) is 78.4 Å². The molecule has 1 rings (SSSR count). The molecule has 5 nitrogen and oxygen atoms in total. The van der Waals surface area contributed by atoms with Crippen molar-refractivity contribution in [3.63, 3.8) is 0 Å². The van der Waals surface area contributed by atoms with Gasteiger partial charge in [-0.15, -0.1) is 0 Å². The summed E-state index contributed by atoms with van der Waals surface area (Å²) in [5.74, 6) is 0.373. The number of urea groups is 1. The molecule has 0 aromatic heterocycles. The maximum atomic E-state index is 11.7. The molecule has 0 spiro atoms. The molecule has 2 atom stereocenters. The van der Waals surface area contributed by atoms with E-state index in [0.717, 1.165) is 0 Å². The summed E-state index contributed by atoms with van der Waals surface area (Å²) >= 11 is 0. The molecule has 0 aromatic carbocycles. The zero-order chi connectivity index (χ0) is 15.0. The number of carboxylic acid groups (broad SMARTS) is 1. The normalized spacial score (nSPS) is 19.1. The largest absolute Gasteiger partial charge is 0.481 e. The average Bonchev–Trinajstić information content (AvgIpc) is 2.43. The Hall–Kier alpha value is -1.26. The van der Waals surface area contributed by atoms with Crippen molar-refractivity contribution < 1.29 is 14.7 Å². The molecule has 0 bridgehead atoms. The van der Waals surface area contributed by atoms with Gasteiger partial charge in [0.15, 0.2) is 0 Å². The van der Waals surface area contributed by atoms with Gasteiger partial charge in [-0.2, -0.15) is 0 Å². The molecule has 3 N–H and O–H groups in total. The lowest BCUT2D eigenvalue weighted by molar-refractivity contribution is -0.137. The second-order valence-corrected chi connectivity index (χ2v) is 5.94. The van der Waals surface area contributed by atoms with E-state index in [1.807, 2.05) is 0 Å². The number of rotatable bonds is 7. The van der Waals surface area contributed by atoms with Gasteiger partial charge in [0.25, 0.3) is 0 Å². The van der Waals surface area contributed by atoms with E-state index in [9.17, 15) is 9.59 Å². The Morgan fingerprint density at radius 2 is 1.85 bits per heavy atom. The Bertz CT molecular complexity index is 314. The molecular weight excluding hydrogens is 256 g/mol. The second-order valence-electron chi connectivity index (χ2n) is 5.94. The standard InChI is InChI=1S/C15H28N2O3/c1-11(13-7-4-3-5-8-13)12(2)17-15(20)16-10-6-9-14(18)19/h11-13H,3-10H2,1-2H3,(H,18,19)(H2,16,17,20). The minimum atomic E-state index is -0.827. The molecule has 1 saturated carbocycles. The molecule has 1 fully saturated rings. The van der Waals surface area contributed by atoms with E-state index in [-0.39, 0.29) is 18.5 Å². The number of carbonyl (C=O) groups is 2. The van der Waals surface area contributed by atoms with Gasteiger partial charge in [0, 0.05) is 19.0 Å². The van der Waals surface area contributed by atoms with Crippen LogP contribution in [0.15, 0.2) is 0 Å². The quantitative estimate of drug-likeness (QED) is 0.629. The monoisotopic (exact) mass is 284 g/mol. The van der Waals surface area contributed by atoms with E-state index in [4.69, 9.17) is 5.11 Å². The van der Waals surface area contributed by atoms with Crippen LogP contribution in [0.5, 0.6) is 0 Å². The fourth-order valence-corrected chi connectivity index (χ4v) is 2.90. The van der Waals surface area contributed by atoms with Crippen molar-refractivity contribution in [3.8, 4) is 0 Å². The number of nitrogens with one attached hydrogen (secondary N) is 2. The predicted molar refractivity (Wildman–Crippen MR) is 78.6 cm³/mol. The number of hydrogen-bond acceptors (Lipinski definition) is 2. The van der Waals surface area contributed by atoms with Gasteiger partial charge in [-0.05, 0) is 25.2 Å². The highest BCUT2D eigenvalue weighted by atomic mass is 16.4. The van der Waals surface area contributed by atoms with Crippen LogP contribution in [0.3, 0.4) is 0 Å². The van der Waals surface area contributed by atoms with Crippen LogP contribution in [0, 0.1) is 11.8 Å². The molecule has 1 aliphatic rings. The molecule has 2 amide bonds. The molecule has 1 aliphatic carbocycles. The summed E-state index contributed by atoms with van der Waals surface area (Å²) in [6.07, 6.45) is 7.06. The lowest BCUT2D eigenvalue weighted by Crippen LogP contribution is -2.45. The van der Waals surface area contributed by atoms with Crippen molar-refractivity contribution in [1.82, 2.24) is 10.6 Å². The van der Waals surface area contributed by atoms with Crippen LogP contribution >= 0.6 is 0 Å². The molecular formula is C15H28N2O3. The first-order valence-electron chi connectivity index (χ1n) is 7.77. The van der Waals surface area contributed by atoms with Crippen molar-refractivity contribution >= 4 is 12.0 Å². The Morgan fingerprint density at radius 1 is 1.20 bits per heavy atom. The molecule has 0 radical (unpaired) electrons. The third kappa shape index (κ3) is 6.26. The average molecular weight is 284 g/mol. The highest BCUT2D eigenvalue weighted by molar-refractivity contribution is 5.74. The summed E-state index contributed by atoms with van der Waals surface area (Å²) in [4.78, 5) is 22.1. The maximum Gasteiger partial charge on any atom is 0.315 e. The van der Waals surface area contributed by atoms with Crippen molar-refractivity contribution in [2.24, 2.45) is 11.8 Å². The van der Waals surface area contributed by atoms with E-state index in [0.29, 0.717) is 24.8 Å². The summed E-state index contributed by atoms with van der Waals surface area (Å²) in [6.45, 7) is 4.67. The molecule has 0 saturated heterocycles. The lowest BCUT2D eigenvalue weighted by Gasteiger charge is -2.32. The zero-order valence-electron chi connectivity index (χ0n) is 12.7. The van der Waals surface area contributed by atoms with E-state index in [1.54, 1.807) is 0 Å². The predicted octanol–water partition coefficient (Wildman–Crippen LogP) is 2.76. The Morgan fingerprint density at radius 3 is 2.45 bits per heavy atom. The lowest BCUT2D eigenvalue weighted by atomic mass is 9.78. The Labute approximate surface area is 121 Å². The summed E-state index contributed by atoms with van der Waals surface area (Å²) in [6, 6.07) is -0.0388. The van der Waals surface area contributed by atoms with Gasteiger partial charge in [0.2, 0.25) is 0 Å². The summed E-state index contributed by atoms with van der Waals surface area (Å²) in [5.41, 5.74) is 0. The molecule has 0 aliphatic heterocycles. The number of carbonyl (C=O) groups excluding carboxylic acids is 1. The summed E-state index contributed by atoms with van der Waals surface area (Å²) < 4.78 is 0. The van der Waals surface area contributed by atoms with Gasteiger partial charge in [-0.1, -0.05) is 39.0 Å². The van der Waals surface area contributed by atoms with Gasteiger partial charge < -0.3 is 15.7 Å². The fourth-order valence-electron chi connectivity index (χ4n) is 2.90. The van der Waals surface area contributed by atoms with Crippen LogP contribution in [0.4, 0.5) is 4.79 Å². The van der Waals surface area contributed by atoms with Crippen molar-refractivity contribution in [3.05, 3.63) is 0 Å². The fraction of sp³-hybridized carbons (Fsp3) is 0.867. The first kappa shape index (κ1) is 16.8. The summed E-state index contributed by atoms with van der Waals surface area (Å²) in [5, 5.41) is 14.2. The van der Waals surface area contributed by atoms with E-state index >= 15 is 0 Å². The van der Waals surface area contributed by atoms with Crippen LogP contribution in [0.25, 0.3) is 0 Å². The molecule has 116 valence electrons. The summed E-state index contributed by atoms with van der Waals surface area (Å²) in [7, 11) is 0. The first-order valence-corrected chi connectivity index (χ1v) is 7.77. The van der Waals surface area contributed by atoms with Gasteiger partial charge in [-0.3, -0.25) is 4.79 Å². The van der Waals surface area contributed by atoms with Crippen molar-refractivity contribution in [1.29, 1.82) is 0 Å². The number of carboxylic acids is 1. The molecule has 20 heavy (non-hydrogen) atoms. The third-order valence-corrected chi connectivity index (χ3v) is 4.39. The van der Waals surface area contributed by atoms with Crippen LogP contribution in [-0.2, 0) is 4.79 Å². The number of aliphatic carboxylic acids is 1. The molecule has 0 aromatic rings. The maximum absolute atomic E-state index is 11.7. The van der Waals surface area contributed by atoms with Crippen LogP contribution in [0.1, 0.15) is 58.8 Å². The minimum absolute atomic E-state index is 0.0916. The van der Waals surface area contributed by atoms with Crippen molar-refractivity contribution in [2.75, 3.05) is 6.54 Å². The van der Waals surface area contributed by atoms with Crippen molar-refractivity contribution in [2.45, 2.75) is 64.8 Å². The minimum Gasteiger partial charge on any atom is -0.481 e. The Kier molecular flexibility index (Phi) is 7.41. The molecule has 2 unspecified atom stereocenters. The molecule has 0 heterocycles. The number of amides is 2. The SMILES string of the molecule is CC(NC(=O)NCCCC(=O)O)C(C)C1CCCCC1. The van der Waals surface area contributed by atoms with E-state index < -0.39 is 5.97 Å². The van der Waals surface area contributed by atoms with Crippen LogP contribution in [-0.4, -0.2) is 29.7 Å². The van der Waals surface area contributed by atoms with E-state index in [2.05, 4.69) is 24.5 Å². The van der Waals surface area contributed by atoms with Gasteiger partial charge in [-0.25, -0.2) is 4.79 Å². The second kappa shape index (κ2) is 8.82. The Balaban J connectivity index is 2.20. The zero-order valence-corrected chi connectivity index (χ0v) is 12.7. The highest BCUT2D eigenvalue weighted by Crippen LogP contribution is 2.31. The van der Waals surface area contributed by atoms with E-state index in [1.165, 1.54) is 32.1 Å². The van der Waals surface area contributed by atoms with Gasteiger partial charge >= 0.3 is 12.0 Å². The van der Waals surface area contributed by atoms with Gasteiger partial charge in [0.05, 0.1) is 0 Å². The molecule has 5 heteroatoms. The van der Waals surface area contributed by atoms with Crippen LogP contribution < -0.4 is 10.6 Å². The smallest absolute Gasteiger partial charge is 0.315 e. The van der Waals surface area contributed by atoms with Crippen LogP contribution in [0.2, 0.25) is 0 Å². The third-order valence-electron chi connectivity index (χ3n) is 4.39.